The van der Waals surface area contributed by atoms with E-state index >= 15 is 0 Å². The average molecular weight is 286 g/mol. The van der Waals surface area contributed by atoms with E-state index in [0.717, 1.165) is 35.5 Å². The van der Waals surface area contributed by atoms with Gasteiger partial charge in [-0.3, -0.25) is 0 Å². The predicted molar refractivity (Wildman–Crippen MR) is 68.2 cm³/mol. The van der Waals surface area contributed by atoms with Gasteiger partial charge in [-0.2, -0.15) is 0 Å². The van der Waals surface area contributed by atoms with E-state index in [1.807, 2.05) is 18.2 Å². The van der Waals surface area contributed by atoms with Crippen molar-refractivity contribution in [1.29, 1.82) is 0 Å². The number of hydrogen-bond acceptors (Lipinski definition) is 3. The Morgan fingerprint density at radius 3 is 3.06 bits per heavy atom. The molecule has 1 atom stereocenters. The Morgan fingerprint density at radius 1 is 1.50 bits per heavy atom. The van der Waals surface area contributed by atoms with Gasteiger partial charge in [-0.15, -0.1) is 0 Å². The molecule has 0 aliphatic carbocycles. The first-order valence-corrected chi connectivity index (χ1v) is 6.26. The van der Waals surface area contributed by atoms with Gasteiger partial charge in [-0.05, 0) is 40.9 Å². The minimum atomic E-state index is 0.416. The summed E-state index contributed by atoms with van der Waals surface area (Å²) in [5.74, 6) is 0.849. The van der Waals surface area contributed by atoms with Crippen LogP contribution in [0.25, 0.3) is 0 Å². The second-order valence-electron chi connectivity index (χ2n) is 3.91. The minimum absolute atomic E-state index is 0.416. The largest absolute Gasteiger partial charge is 0.495 e. The van der Waals surface area contributed by atoms with Crippen molar-refractivity contribution in [2.75, 3.05) is 25.6 Å². The molecule has 1 fully saturated rings. The molecule has 4 heteroatoms. The highest BCUT2D eigenvalue weighted by Gasteiger charge is 2.13. The van der Waals surface area contributed by atoms with Crippen molar-refractivity contribution in [2.45, 2.75) is 18.9 Å². The first-order valence-electron chi connectivity index (χ1n) is 5.47. The lowest BCUT2D eigenvalue weighted by Gasteiger charge is -2.24. The number of benzene rings is 1. The highest BCUT2D eigenvalue weighted by Crippen LogP contribution is 2.28. The van der Waals surface area contributed by atoms with E-state index < -0.39 is 0 Å². The van der Waals surface area contributed by atoms with Gasteiger partial charge in [0.05, 0.1) is 18.2 Å². The van der Waals surface area contributed by atoms with Crippen LogP contribution < -0.4 is 10.1 Å². The van der Waals surface area contributed by atoms with Crippen LogP contribution in [0.15, 0.2) is 22.7 Å². The fourth-order valence-electron chi connectivity index (χ4n) is 1.84. The average Bonchev–Trinajstić information content (AvgIpc) is 2.33. The number of nitrogens with one attached hydrogen (secondary N) is 1. The van der Waals surface area contributed by atoms with E-state index in [1.54, 1.807) is 7.11 Å². The van der Waals surface area contributed by atoms with E-state index in [4.69, 9.17) is 9.47 Å². The molecule has 0 spiro atoms. The third-order valence-corrected chi connectivity index (χ3v) is 3.34. The van der Waals surface area contributed by atoms with Crippen LogP contribution in [0.5, 0.6) is 5.75 Å². The highest BCUT2D eigenvalue weighted by molar-refractivity contribution is 9.10. The summed E-state index contributed by atoms with van der Waals surface area (Å²) in [5.41, 5.74) is 1.08. The Morgan fingerprint density at radius 2 is 2.38 bits per heavy atom. The molecule has 0 bridgehead atoms. The zero-order chi connectivity index (χ0) is 11.4. The monoisotopic (exact) mass is 285 g/mol. The third-order valence-electron chi connectivity index (χ3n) is 2.68. The summed E-state index contributed by atoms with van der Waals surface area (Å²) in [6.45, 7) is 1.68. The standard InChI is InChI=1S/C12H16BrNO2/c1-15-12-7-9(4-5-11(12)13)14-10-3-2-6-16-8-10/h4-5,7,10,14H,2-3,6,8H2,1H3. The van der Waals surface area contributed by atoms with Gasteiger partial charge in [-0.25, -0.2) is 0 Å². The molecule has 3 nitrogen and oxygen atoms in total. The van der Waals surface area contributed by atoms with E-state index in [0.29, 0.717) is 6.04 Å². The van der Waals surface area contributed by atoms with E-state index in [1.165, 1.54) is 6.42 Å². The molecule has 1 aliphatic heterocycles. The van der Waals surface area contributed by atoms with Crippen molar-refractivity contribution < 1.29 is 9.47 Å². The molecule has 0 amide bonds. The van der Waals surface area contributed by atoms with Gasteiger partial charge >= 0.3 is 0 Å². The molecule has 0 aromatic heterocycles. The Bertz CT molecular complexity index is 351. The van der Waals surface area contributed by atoms with Crippen molar-refractivity contribution in [3.05, 3.63) is 22.7 Å². The molecule has 1 aromatic carbocycles. The summed E-state index contributed by atoms with van der Waals surface area (Å²) < 4.78 is 11.7. The molecule has 2 rings (SSSR count). The molecule has 1 aromatic rings. The zero-order valence-corrected chi connectivity index (χ0v) is 10.9. The fraction of sp³-hybridized carbons (Fsp3) is 0.500. The summed E-state index contributed by atoms with van der Waals surface area (Å²) in [5, 5.41) is 3.46. The maximum Gasteiger partial charge on any atom is 0.135 e. The Hall–Kier alpha value is -0.740. The summed E-state index contributed by atoms with van der Waals surface area (Å²) >= 11 is 3.44. The molecule has 0 saturated carbocycles. The van der Waals surface area contributed by atoms with Crippen LogP contribution in [0.3, 0.4) is 0 Å². The highest BCUT2D eigenvalue weighted by atomic mass is 79.9. The quantitative estimate of drug-likeness (QED) is 0.926. The molecule has 88 valence electrons. The molecule has 1 unspecified atom stereocenters. The van der Waals surface area contributed by atoms with Crippen LogP contribution in [0.1, 0.15) is 12.8 Å². The second kappa shape index (κ2) is 5.55. The number of ether oxygens (including phenoxy) is 2. The summed E-state index contributed by atoms with van der Waals surface area (Å²) in [7, 11) is 1.67. The van der Waals surface area contributed by atoms with Crippen LogP contribution in [-0.2, 0) is 4.74 Å². The normalized spacial score (nSPS) is 20.5. The third kappa shape index (κ3) is 2.89. The van der Waals surface area contributed by atoms with Gasteiger partial charge in [0.2, 0.25) is 0 Å². The number of methoxy groups -OCH3 is 1. The molecule has 1 aliphatic rings. The number of rotatable bonds is 3. The lowest BCUT2D eigenvalue weighted by Crippen LogP contribution is -2.29. The SMILES string of the molecule is COc1cc(NC2CCCOC2)ccc1Br. The number of anilines is 1. The van der Waals surface area contributed by atoms with Crippen LogP contribution in [0, 0.1) is 0 Å². The van der Waals surface area contributed by atoms with Crippen molar-refractivity contribution in [3.8, 4) is 5.75 Å². The number of hydrogen-bond donors (Lipinski definition) is 1. The summed E-state index contributed by atoms with van der Waals surface area (Å²) in [6, 6.07) is 6.45. The molecule has 16 heavy (non-hydrogen) atoms. The van der Waals surface area contributed by atoms with Crippen molar-refractivity contribution in [1.82, 2.24) is 0 Å². The van der Waals surface area contributed by atoms with Crippen molar-refractivity contribution >= 4 is 21.6 Å². The first-order chi connectivity index (χ1) is 7.79. The van der Waals surface area contributed by atoms with Gasteiger partial charge in [0.25, 0.3) is 0 Å². The van der Waals surface area contributed by atoms with Gasteiger partial charge in [-0.1, -0.05) is 0 Å². The molecular formula is C12H16BrNO2. The molecule has 0 radical (unpaired) electrons. The lowest BCUT2D eigenvalue weighted by atomic mass is 10.1. The topological polar surface area (TPSA) is 30.5 Å². The van der Waals surface area contributed by atoms with Crippen LogP contribution >= 0.6 is 15.9 Å². The zero-order valence-electron chi connectivity index (χ0n) is 9.33. The summed E-state index contributed by atoms with van der Waals surface area (Å²) in [4.78, 5) is 0. The maximum atomic E-state index is 5.43. The number of halogens is 1. The van der Waals surface area contributed by atoms with E-state index in [-0.39, 0.29) is 0 Å². The first kappa shape index (κ1) is 11.7. The predicted octanol–water partition coefficient (Wildman–Crippen LogP) is 3.05. The fourth-order valence-corrected chi connectivity index (χ4v) is 2.25. The molecule has 1 saturated heterocycles. The second-order valence-corrected chi connectivity index (χ2v) is 4.76. The Kier molecular flexibility index (Phi) is 4.07. The Labute approximate surface area is 104 Å². The van der Waals surface area contributed by atoms with Crippen LogP contribution in [0.2, 0.25) is 0 Å². The maximum absolute atomic E-state index is 5.43. The van der Waals surface area contributed by atoms with Crippen LogP contribution in [-0.4, -0.2) is 26.4 Å². The van der Waals surface area contributed by atoms with Gasteiger partial charge in [0.1, 0.15) is 5.75 Å². The van der Waals surface area contributed by atoms with Gasteiger partial charge < -0.3 is 14.8 Å². The van der Waals surface area contributed by atoms with Gasteiger partial charge in [0.15, 0.2) is 0 Å². The molecular weight excluding hydrogens is 270 g/mol. The molecule has 1 N–H and O–H groups in total. The summed E-state index contributed by atoms with van der Waals surface area (Å²) in [6.07, 6.45) is 2.30. The smallest absolute Gasteiger partial charge is 0.135 e. The van der Waals surface area contributed by atoms with E-state index in [9.17, 15) is 0 Å². The van der Waals surface area contributed by atoms with Crippen molar-refractivity contribution in [2.24, 2.45) is 0 Å². The van der Waals surface area contributed by atoms with Crippen LogP contribution in [0.4, 0.5) is 5.69 Å². The Balaban J connectivity index is 2.03. The molecule has 1 heterocycles. The van der Waals surface area contributed by atoms with Gasteiger partial charge in [0, 0.05) is 24.4 Å². The minimum Gasteiger partial charge on any atom is -0.495 e. The van der Waals surface area contributed by atoms with E-state index in [2.05, 4.69) is 21.2 Å². The van der Waals surface area contributed by atoms with Crippen molar-refractivity contribution in [3.63, 3.8) is 0 Å². The lowest BCUT2D eigenvalue weighted by molar-refractivity contribution is 0.0876.